The van der Waals surface area contributed by atoms with Crippen LogP contribution in [0.2, 0.25) is 10.0 Å². The van der Waals surface area contributed by atoms with Crippen LogP contribution in [0.4, 0.5) is 11.4 Å². The molecule has 0 atom stereocenters. The zero-order chi connectivity index (χ0) is 27.8. The number of carbonyl (C=O) groups is 2. The van der Waals surface area contributed by atoms with Crippen LogP contribution in [0.1, 0.15) is 40.1 Å². The van der Waals surface area contributed by atoms with Gasteiger partial charge in [-0.2, -0.15) is 0 Å². The van der Waals surface area contributed by atoms with Gasteiger partial charge in [-0.25, -0.2) is 4.79 Å². The zero-order valence-electron chi connectivity index (χ0n) is 20.4. The Morgan fingerprint density at radius 3 is 2.21 bits per heavy atom. The summed E-state index contributed by atoms with van der Waals surface area (Å²) in [6, 6.07) is 15.3. The lowest BCUT2D eigenvalue weighted by molar-refractivity contribution is -0.385. The van der Waals surface area contributed by atoms with Crippen molar-refractivity contribution in [3.63, 3.8) is 0 Å². The summed E-state index contributed by atoms with van der Waals surface area (Å²) >= 11 is 18.3. The maximum atomic E-state index is 13.0. The summed E-state index contributed by atoms with van der Waals surface area (Å²) in [7, 11) is 0. The van der Waals surface area contributed by atoms with Gasteiger partial charge in [0, 0.05) is 32.9 Å². The van der Waals surface area contributed by atoms with E-state index in [0.717, 1.165) is 6.07 Å². The predicted molar refractivity (Wildman–Crippen MR) is 149 cm³/mol. The molecule has 3 aromatic carbocycles. The average molecular weight is 576 g/mol. The number of hydrogen-bond donors (Lipinski definition) is 1. The SMILES string of the molecule is CCOC(=O)c1ccc(N(Cc2c(Cl)cccc2Cl)C(=S)NC(=O)c2ccc(OCC)c([N+](=O)[O-])c2)cc1. The Morgan fingerprint density at radius 2 is 1.63 bits per heavy atom. The number of hydrogen-bond acceptors (Lipinski definition) is 7. The minimum atomic E-state index is -0.667. The topological polar surface area (TPSA) is 111 Å². The number of nitro benzene ring substituents is 1. The standard InChI is InChI=1S/C26H23Cl2N3O6S/c1-3-36-23-13-10-17(14-22(23)31(34)35)24(32)29-26(38)30(15-19-20(27)6-5-7-21(19)28)18-11-8-16(9-12-18)25(33)37-4-2/h5-14H,3-4,15H2,1-2H3,(H,29,32,38). The second kappa shape index (κ2) is 13.2. The molecule has 198 valence electrons. The molecule has 0 saturated heterocycles. The number of thiocarbonyl (C=S) groups is 1. The van der Waals surface area contributed by atoms with Crippen LogP contribution in [0.3, 0.4) is 0 Å². The van der Waals surface area contributed by atoms with Crippen molar-refractivity contribution in [1.82, 2.24) is 5.32 Å². The van der Waals surface area contributed by atoms with Crippen molar-refractivity contribution in [2.75, 3.05) is 18.1 Å². The van der Waals surface area contributed by atoms with Gasteiger partial charge in [-0.3, -0.25) is 20.2 Å². The molecule has 0 aliphatic carbocycles. The smallest absolute Gasteiger partial charge is 0.338 e. The molecule has 0 aliphatic rings. The van der Waals surface area contributed by atoms with Gasteiger partial charge in [0.05, 0.1) is 30.2 Å². The third kappa shape index (κ3) is 6.97. The van der Waals surface area contributed by atoms with E-state index in [4.69, 9.17) is 44.9 Å². The van der Waals surface area contributed by atoms with Gasteiger partial charge in [-0.1, -0.05) is 29.3 Å². The average Bonchev–Trinajstić information content (AvgIpc) is 2.89. The van der Waals surface area contributed by atoms with Gasteiger partial charge in [0.25, 0.3) is 5.91 Å². The highest BCUT2D eigenvalue weighted by molar-refractivity contribution is 7.80. The predicted octanol–water partition coefficient (Wildman–Crippen LogP) is 6.20. The Balaban J connectivity index is 1.93. The molecule has 9 nitrogen and oxygen atoms in total. The third-order valence-electron chi connectivity index (χ3n) is 5.25. The van der Waals surface area contributed by atoms with Crippen LogP contribution in [0.25, 0.3) is 0 Å². The third-order valence-corrected chi connectivity index (χ3v) is 6.28. The van der Waals surface area contributed by atoms with Crippen LogP contribution in [0, 0.1) is 10.1 Å². The van der Waals surface area contributed by atoms with Crippen molar-refractivity contribution in [2.45, 2.75) is 20.4 Å². The van der Waals surface area contributed by atoms with Crippen LogP contribution < -0.4 is 15.0 Å². The number of halogens is 2. The molecule has 3 rings (SSSR count). The second-order valence-corrected chi connectivity index (χ2v) is 8.89. The van der Waals surface area contributed by atoms with Crippen molar-refractivity contribution >= 4 is 63.8 Å². The van der Waals surface area contributed by atoms with Crippen molar-refractivity contribution in [3.05, 3.63) is 97.5 Å². The van der Waals surface area contributed by atoms with E-state index in [1.807, 2.05) is 0 Å². The second-order valence-electron chi connectivity index (χ2n) is 7.69. The first-order valence-electron chi connectivity index (χ1n) is 11.4. The summed E-state index contributed by atoms with van der Waals surface area (Å²) in [6.45, 7) is 3.95. The molecule has 0 bridgehead atoms. The molecule has 1 amide bonds. The number of amides is 1. The number of anilines is 1. The molecule has 38 heavy (non-hydrogen) atoms. The van der Waals surface area contributed by atoms with E-state index in [2.05, 4.69) is 5.32 Å². The molecule has 0 radical (unpaired) electrons. The summed E-state index contributed by atoms with van der Waals surface area (Å²) < 4.78 is 10.3. The summed E-state index contributed by atoms with van der Waals surface area (Å²) in [6.07, 6.45) is 0. The molecule has 1 N–H and O–H groups in total. The molecule has 0 unspecified atom stereocenters. The van der Waals surface area contributed by atoms with Crippen LogP contribution >= 0.6 is 35.4 Å². The van der Waals surface area contributed by atoms with Crippen LogP contribution in [0.5, 0.6) is 5.75 Å². The first kappa shape index (κ1) is 28.8. The molecule has 0 aliphatic heterocycles. The minimum absolute atomic E-state index is 0.0101. The van der Waals surface area contributed by atoms with E-state index in [1.165, 1.54) is 12.1 Å². The van der Waals surface area contributed by atoms with E-state index in [1.54, 1.807) is 61.2 Å². The molecule has 3 aromatic rings. The maximum Gasteiger partial charge on any atom is 0.338 e. The van der Waals surface area contributed by atoms with Gasteiger partial charge in [0.1, 0.15) is 0 Å². The Bertz CT molecular complexity index is 1350. The normalized spacial score (nSPS) is 10.4. The van der Waals surface area contributed by atoms with Crippen molar-refractivity contribution in [2.24, 2.45) is 0 Å². The molecule has 0 heterocycles. The summed E-state index contributed by atoms with van der Waals surface area (Å²) in [4.78, 5) is 37.5. The van der Waals surface area contributed by atoms with E-state index >= 15 is 0 Å². The summed E-state index contributed by atoms with van der Waals surface area (Å²) in [5, 5.41) is 14.8. The van der Waals surface area contributed by atoms with Crippen molar-refractivity contribution in [3.8, 4) is 5.75 Å². The van der Waals surface area contributed by atoms with E-state index in [0.29, 0.717) is 26.9 Å². The number of benzene rings is 3. The number of rotatable bonds is 9. The monoisotopic (exact) mass is 575 g/mol. The van der Waals surface area contributed by atoms with Crippen molar-refractivity contribution in [1.29, 1.82) is 0 Å². The summed E-state index contributed by atoms with van der Waals surface area (Å²) in [5.41, 5.74) is 1.08. The summed E-state index contributed by atoms with van der Waals surface area (Å²) in [5.74, 6) is -1.10. The Kier molecular flexibility index (Phi) is 10.0. The number of nitrogens with one attached hydrogen (secondary N) is 1. The number of ether oxygens (including phenoxy) is 2. The Hall–Kier alpha value is -3.73. The quantitative estimate of drug-likeness (QED) is 0.139. The van der Waals surface area contributed by atoms with Gasteiger partial charge in [0.15, 0.2) is 10.9 Å². The van der Waals surface area contributed by atoms with Crippen molar-refractivity contribution < 1.29 is 24.0 Å². The number of nitro groups is 1. The highest BCUT2D eigenvalue weighted by atomic mass is 35.5. The van der Waals surface area contributed by atoms with Gasteiger partial charge in [0.2, 0.25) is 0 Å². The van der Waals surface area contributed by atoms with Gasteiger partial charge >= 0.3 is 11.7 Å². The maximum absolute atomic E-state index is 13.0. The number of esters is 1. The number of carbonyl (C=O) groups excluding carboxylic acids is 2. The van der Waals surface area contributed by atoms with E-state index in [-0.39, 0.29) is 41.9 Å². The lowest BCUT2D eigenvalue weighted by Crippen LogP contribution is -2.42. The first-order chi connectivity index (χ1) is 18.2. The highest BCUT2D eigenvalue weighted by Crippen LogP contribution is 2.30. The molecule has 0 spiro atoms. The van der Waals surface area contributed by atoms with Crippen LogP contribution in [-0.2, 0) is 11.3 Å². The molecule has 0 fully saturated rings. The number of nitrogens with zero attached hydrogens (tertiary/aromatic N) is 2. The minimum Gasteiger partial charge on any atom is -0.487 e. The first-order valence-corrected chi connectivity index (χ1v) is 12.6. The lowest BCUT2D eigenvalue weighted by Gasteiger charge is -2.26. The fourth-order valence-electron chi connectivity index (χ4n) is 3.43. The molecule has 0 aromatic heterocycles. The van der Waals surface area contributed by atoms with E-state index < -0.39 is 16.8 Å². The van der Waals surface area contributed by atoms with Gasteiger partial charge in [-0.15, -0.1) is 0 Å². The largest absolute Gasteiger partial charge is 0.487 e. The van der Waals surface area contributed by atoms with Crippen LogP contribution in [-0.4, -0.2) is 35.1 Å². The molecule has 0 saturated carbocycles. The van der Waals surface area contributed by atoms with Gasteiger partial charge in [-0.05, 0) is 74.6 Å². The molecule has 12 heteroatoms. The lowest BCUT2D eigenvalue weighted by atomic mass is 10.1. The molecular formula is C26H23Cl2N3O6S. The fraction of sp³-hybridized carbons (Fsp3) is 0.192. The van der Waals surface area contributed by atoms with Crippen LogP contribution in [0.15, 0.2) is 60.7 Å². The Morgan fingerprint density at radius 1 is 1.00 bits per heavy atom. The highest BCUT2D eigenvalue weighted by Gasteiger charge is 2.22. The van der Waals surface area contributed by atoms with Gasteiger partial charge < -0.3 is 14.4 Å². The van der Waals surface area contributed by atoms with E-state index in [9.17, 15) is 19.7 Å². The molecular weight excluding hydrogens is 553 g/mol. The fourth-order valence-corrected chi connectivity index (χ4v) is 4.21. The Labute approximate surface area is 234 Å². The zero-order valence-corrected chi connectivity index (χ0v) is 22.7.